The summed E-state index contributed by atoms with van der Waals surface area (Å²) in [4.78, 5) is 26.4. The highest BCUT2D eigenvalue weighted by Gasteiger charge is 2.36. The summed E-state index contributed by atoms with van der Waals surface area (Å²) >= 11 is 0. The van der Waals surface area contributed by atoms with Crippen LogP contribution < -0.4 is 4.90 Å². The molecule has 3 heteroatoms. The Bertz CT molecular complexity index is 937. The van der Waals surface area contributed by atoms with Gasteiger partial charge in [-0.15, -0.1) is 0 Å². The highest BCUT2D eigenvalue weighted by Crippen LogP contribution is 2.28. The number of hydrogen-bond acceptors (Lipinski definition) is 2. The van der Waals surface area contributed by atoms with E-state index in [2.05, 4.69) is 31.2 Å². The van der Waals surface area contributed by atoms with Crippen LogP contribution in [0.25, 0.3) is 0 Å². The van der Waals surface area contributed by atoms with E-state index < -0.39 is 0 Å². The van der Waals surface area contributed by atoms with Gasteiger partial charge in [-0.3, -0.25) is 9.59 Å². The van der Waals surface area contributed by atoms with Crippen molar-refractivity contribution in [1.82, 2.24) is 0 Å². The highest BCUT2D eigenvalue weighted by atomic mass is 16.2. The Hall–Kier alpha value is -3.20. The first-order valence-electron chi connectivity index (χ1n) is 8.82. The molecule has 0 unspecified atom stereocenters. The van der Waals surface area contributed by atoms with Crippen molar-refractivity contribution in [3.8, 4) is 0 Å². The predicted molar refractivity (Wildman–Crippen MR) is 103 cm³/mol. The lowest BCUT2D eigenvalue weighted by Crippen LogP contribution is -2.29. The van der Waals surface area contributed by atoms with Crippen molar-refractivity contribution >= 4 is 17.5 Å². The summed E-state index contributed by atoms with van der Waals surface area (Å²) in [5.74, 6) is -0.512. The minimum absolute atomic E-state index is 0.256. The molecule has 3 nitrogen and oxygen atoms in total. The second-order valence-corrected chi connectivity index (χ2v) is 6.50. The molecule has 4 rings (SSSR count). The third-order valence-corrected chi connectivity index (χ3v) is 4.83. The number of carbonyl (C=O) groups excluding carboxylic acids is 2. The summed E-state index contributed by atoms with van der Waals surface area (Å²) in [6.07, 6.45) is 1.86. The van der Waals surface area contributed by atoms with Crippen LogP contribution in [0.1, 0.15) is 44.3 Å². The Labute approximate surface area is 152 Å². The quantitative estimate of drug-likeness (QED) is 0.648. The van der Waals surface area contributed by atoms with Gasteiger partial charge in [-0.1, -0.05) is 55.5 Å². The van der Waals surface area contributed by atoms with Gasteiger partial charge in [0.1, 0.15) is 0 Å². The minimum atomic E-state index is -0.256. The molecule has 0 bridgehead atoms. The summed E-state index contributed by atoms with van der Waals surface area (Å²) in [6, 6.07) is 23.2. The zero-order chi connectivity index (χ0) is 18.1. The number of hydrogen-bond donors (Lipinski definition) is 0. The molecular formula is C23H19NO2. The molecule has 0 radical (unpaired) electrons. The fourth-order valence-electron chi connectivity index (χ4n) is 3.32. The third kappa shape index (κ3) is 2.82. The van der Waals surface area contributed by atoms with E-state index in [1.165, 1.54) is 16.0 Å². The Morgan fingerprint density at radius 3 is 1.62 bits per heavy atom. The van der Waals surface area contributed by atoms with Crippen LogP contribution in [-0.2, 0) is 12.8 Å². The van der Waals surface area contributed by atoms with E-state index >= 15 is 0 Å². The summed E-state index contributed by atoms with van der Waals surface area (Å²) < 4.78 is 0. The number of rotatable bonds is 4. The number of aryl methyl sites for hydroxylation is 1. The van der Waals surface area contributed by atoms with E-state index in [4.69, 9.17) is 0 Å². The van der Waals surface area contributed by atoms with E-state index in [0.29, 0.717) is 16.8 Å². The molecule has 128 valence electrons. The third-order valence-electron chi connectivity index (χ3n) is 4.83. The van der Waals surface area contributed by atoms with Gasteiger partial charge >= 0.3 is 0 Å². The molecule has 0 aromatic heterocycles. The number of amides is 2. The maximum atomic E-state index is 12.5. The highest BCUT2D eigenvalue weighted by molar-refractivity contribution is 6.34. The Morgan fingerprint density at radius 2 is 1.12 bits per heavy atom. The number of carbonyl (C=O) groups is 2. The molecule has 1 aliphatic heterocycles. The molecule has 2 amide bonds. The number of imide groups is 1. The second-order valence-electron chi connectivity index (χ2n) is 6.50. The lowest BCUT2D eigenvalue weighted by atomic mass is 10.0. The molecule has 3 aromatic carbocycles. The van der Waals surface area contributed by atoms with Crippen LogP contribution in [0.2, 0.25) is 0 Å². The van der Waals surface area contributed by atoms with E-state index in [-0.39, 0.29) is 11.8 Å². The van der Waals surface area contributed by atoms with Crippen LogP contribution >= 0.6 is 0 Å². The Balaban J connectivity index is 1.55. The lowest BCUT2D eigenvalue weighted by Gasteiger charge is -2.14. The van der Waals surface area contributed by atoms with Crippen LogP contribution in [-0.4, -0.2) is 11.8 Å². The maximum absolute atomic E-state index is 12.5. The topological polar surface area (TPSA) is 37.4 Å². The van der Waals surface area contributed by atoms with Gasteiger partial charge in [0.25, 0.3) is 11.8 Å². The summed E-state index contributed by atoms with van der Waals surface area (Å²) in [5.41, 5.74) is 5.27. The van der Waals surface area contributed by atoms with E-state index in [0.717, 1.165) is 18.4 Å². The van der Waals surface area contributed by atoms with E-state index in [1.807, 2.05) is 24.3 Å². The van der Waals surface area contributed by atoms with Crippen LogP contribution in [0.15, 0.2) is 72.8 Å². The normalized spacial score (nSPS) is 13.2. The van der Waals surface area contributed by atoms with Crippen molar-refractivity contribution in [3.63, 3.8) is 0 Å². The van der Waals surface area contributed by atoms with E-state index in [9.17, 15) is 9.59 Å². The molecule has 0 aliphatic carbocycles. The molecule has 0 atom stereocenters. The van der Waals surface area contributed by atoms with Gasteiger partial charge in [0.2, 0.25) is 0 Å². The Morgan fingerprint density at radius 1 is 0.654 bits per heavy atom. The number of anilines is 1. The zero-order valence-electron chi connectivity index (χ0n) is 14.6. The molecule has 0 N–H and O–H groups in total. The minimum Gasteiger partial charge on any atom is -0.268 e. The van der Waals surface area contributed by atoms with Crippen molar-refractivity contribution in [2.45, 2.75) is 19.8 Å². The van der Waals surface area contributed by atoms with E-state index in [1.54, 1.807) is 24.3 Å². The van der Waals surface area contributed by atoms with Crippen LogP contribution in [0.3, 0.4) is 0 Å². The fourth-order valence-corrected chi connectivity index (χ4v) is 3.32. The van der Waals surface area contributed by atoms with Gasteiger partial charge in [-0.05, 0) is 53.8 Å². The number of fused-ring (bicyclic) bond motifs is 1. The smallest absolute Gasteiger partial charge is 0.266 e. The Kier molecular flexibility index (Phi) is 4.13. The van der Waals surface area contributed by atoms with Crippen LogP contribution in [0.5, 0.6) is 0 Å². The molecule has 0 saturated carbocycles. The van der Waals surface area contributed by atoms with Gasteiger partial charge in [-0.2, -0.15) is 0 Å². The zero-order valence-corrected chi connectivity index (χ0v) is 14.6. The number of nitrogens with zero attached hydrogens (tertiary/aromatic N) is 1. The molecule has 0 spiro atoms. The summed E-state index contributed by atoms with van der Waals surface area (Å²) in [7, 11) is 0. The first-order valence-corrected chi connectivity index (χ1v) is 8.82. The van der Waals surface area contributed by atoms with Crippen molar-refractivity contribution in [1.29, 1.82) is 0 Å². The monoisotopic (exact) mass is 341 g/mol. The van der Waals surface area contributed by atoms with Crippen molar-refractivity contribution in [3.05, 3.63) is 101 Å². The van der Waals surface area contributed by atoms with Crippen LogP contribution in [0.4, 0.5) is 5.69 Å². The van der Waals surface area contributed by atoms with Crippen molar-refractivity contribution < 1.29 is 9.59 Å². The van der Waals surface area contributed by atoms with Crippen molar-refractivity contribution in [2.24, 2.45) is 0 Å². The SMILES string of the molecule is CCc1ccc(Cc2ccc(N3C(=O)c4ccccc4C3=O)cc2)cc1. The van der Waals surface area contributed by atoms with Gasteiger partial charge in [0, 0.05) is 0 Å². The van der Waals surface area contributed by atoms with Crippen LogP contribution in [0, 0.1) is 0 Å². The molecule has 0 saturated heterocycles. The van der Waals surface area contributed by atoms with Gasteiger partial charge < -0.3 is 0 Å². The van der Waals surface area contributed by atoms with Gasteiger partial charge in [-0.25, -0.2) is 4.90 Å². The molecule has 3 aromatic rings. The van der Waals surface area contributed by atoms with Crippen molar-refractivity contribution in [2.75, 3.05) is 4.90 Å². The lowest BCUT2D eigenvalue weighted by molar-refractivity contribution is 0.0926. The number of benzene rings is 3. The molecule has 1 heterocycles. The summed E-state index contributed by atoms with van der Waals surface area (Å²) in [6.45, 7) is 2.15. The van der Waals surface area contributed by atoms with Gasteiger partial charge in [0.15, 0.2) is 0 Å². The average Bonchev–Trinajstić information content (AvgIpc) is 2.94. The fraction of sp³-hybridized carbons (Fsp3) is 0.130. The first-order chi connectivity index (χ1) is 12.7. The predicted octanol–water partition coefficient (Wildman–Crippen LogP) is 4.64. The standard InChI is InChI=1S/C23H19NO2/c1-2-16-7-9-17(10-8-16)15-18-11-13-19(14-12-18)24-22(25)20-5-3-4-6-21(20)23(24)26/h3-14H,2,15H2,1H3. The molecule has 1 aliphatic rings. The molecular weight excluding hydrogens is 322 g/mol. The first kappa shape index (κ1) is 16.3. The molecule has 26 heavy (non-hydrogen) atoms. The average molecular weight is 341 g/mol. The summed E-state index contributed by atoms with van der Waals surface area (Å²) in [5, 5.41) is 0. The largest absolute Gasteiger partial charge is 0.268 e. The maximum Gasteiger partial charge on any atom is 0.266 e. The van der Waals surface area contributed by atoms with Gasteiger partial charge in [0.05, 0.1) is 16.8 Å². The molecule has 0 fully saturated rings. The second kappa shape index (κ2) is 6.60.